The van der Waals surface area contributed by atoms with Gasteiger partial charge in [-0.2, -0.15) is 0 Å². The van der Waals surface area contributed by atoms with Crippen LogP contribution in [-0.4, -0.2) is 57.7 Å². The Labute approximate surface area is 208 Å². The molecule has 0 aromatic heterocycles. The molecule has 0 spiro atoms. The molecular weight excluding hydrogens is 469 g/mol. The minimum atomic E-state index is -3.83. The normalized spacial score (nSPS) is 29.5. The van der Waals surface area contributed by atoms with Crippen molar-refractivity contribution < 1.29 is 28.6 Å². The van der Waals surface area contributed by atoms with Gasteiger partial charge < -0.3 is 25.2 Å². The van der Waals surface area contributed by atoms with Crippen molar-refractivity contribution in [3.05, 3.63) is 24.5 Å². The molecule has 0 aromatic carbocycles. The maximum atomic E-state index is 13.6. The summed E-state index contributed by atoms with van der Waals surface area (Å²) in [4.78, 5) is 51.7. The highest BCUT2D eigenvalue weighted by molar-refractivity contribution is 7.63. The highest BCUT2D eigenvalue weighted by Gasteiger charge is 2.65. The van der Waals surface area contributed by atoms with E-state index in [2.05, 4.69) is 17.2 Å². The summed E-state index contributed by atoms with van der Waals surface area (Å²) in [5.41, 5.74) is -0.617. The lowest BCUT2D eigenvalue weighted by molar-refractivity contribution is -0.142. The number of ether oxygens (including phenoxy) is 1. The number of hydrogen-bond donors (Lipinski definition) is 3. The number of allylic oxidation sites excluding steroid dienone is 1. The first kappa shape index (κ1) is 27.5. The molecule has 3 fully saturated rings. The molecule has 2 aliphatic carbocycles. The van der Waals surface area contributed by atoms with Gasteiger partial charge in [0.25, 0.3) is 0 Å². The number of hydrogen-bond acceptors (Lipinski definition) is 5. The van der Waals surface area contributed by atoms with Crippen molar-refractivity contribution in [2.75, 3.05) is 6.54 Å². The number of likely N-dealkylation sites (tertiary alicyclic amines) is 1. The first-order valence-electron chi connectivity index (χ1n) is 12.5. The molecule has 5 atom stereocenters. The summed E-state index contributed by atoms with van der Waals surface area (Å²) in [6.07, 6.45) is 7.41. The fraction of sp³-hybridized carbons (Fsp3) is 0.720. The highest BCUT2D eigenvalue weighted by atomic mass is 31.2. The maximum Gasteiger partial charge on any atom is 0.408 e. The molecule has 3 N–H and O–H groups in total. The predicted molar refractivity (Wildman–Crippen MR) is 134 cm³/mol. The smallest absolute Gasteiger partial charge is 0.408 e. The Morgan fingerprint density at radius 3 is 2.40 bits per heavy atom. The fourth-order valence-electron chi connectivity index (χ4n) is 5.21. The van der Waals surface area contributed by atoms with E-state index in [-0.39, 0.29) is 17.9 Å². The summed E-state index contributed by atoms with van der Waals surface area (Å²) in [7, 11) is -3.83. The average molecular weight is 510 g/mol. The SMILES string of the molecule is C=C[C@@H]1C[C@]1(NC(=O)[C@@H]1CCCN1C(=O)[C@@H](NC(=O)OC1CCCC1)C(C)(C)C)P(=O)(O)/C=C\C. The van der Waals surface area contributed by atoms with Gasteiger partial charge in [0.15, 0.2) is 0 Å². The van der Waals surface area contributed by atoms with E-state index in [1.807, 2.05) is 20.8 Å². The first-order chi connectivity index (χ1) is 16.4. The molecule has 1 heterocycles. The van der Waals surface area contributed by atoms with Gasteiger partial charge in [0, 0.05) is 12.5 Å². The van der Waals surface area contributed by atoms with Crippen molar-refractivity contribution in [1.82, 2.24) is 15.5 Å². The molecule has 0 radical (unpaired) electrons. The van der Waals surface area contributed by atoms with Crippen LogP contribution >= 0.6 is 7.37 Å². The quantitative estimate of drug-likeness (QED) is 0.337. The lowest BCUT2D eigenvalue weighted by atomic mass is 9.85. The van der Waals surface area contributed by atoms with E-state index in [4.69, 9.17) is 4.74 Å². The van der Waals surface area contributed by atoms with Gasteiger partial charge in [-0.15, -0.1) is 6.58 Å². The van der Waals surface area contributed by atoms with Crippen molar-refractivity contribution in [3.8, 4) is 0 Å². The van der Waals surface area contributed by atoms with Crippen molar-refractivity contribution in [2.45, 2.75) is 96.1 Å². The molecule has 2 saturated carbocycles. The van der Waals surface area contributed by atoms with Crippen LogP contribution in [0.4, 0.5) is 4.79 Å². The van der Waals surface area contributed by atoms with Crippen molar-refractivity contribution >= 4 is 25.3 Å². The third-order valence-electron chi connectivity index (χ3n) is 7.32. The molecule has 1 unspecified atom stereocenters. The van der Waals surface area contributed by atoms with Gasteiger partial charge in [0.05, 0.1) is 0 Å². The Bertz CT molecular complexity index is 923. The van der Waals surface area contributed by atoms with E-state index >= 15 is 0 Å². The zero-order valence-corrected chi connectivity index (χ0v) is 22.2. The third kappa shape index (κ3) is 5.83. The van der Waals surface area contributed by atoms with Crippen LogP contribution in [0.3, 0.4) is 0 Å². The summed E-state index contributed by atoms with van der Waals surface area (Å²) in [5, 5.41) is 4.26. The molecule has 3 amide bonds. The topological polar surface area (TPSA) is 125 Å². The second-order valence-electron chi connectivity index (χ2n) is 11.0. The second kappa shape index (κ2) is 10.5. The Balaban J connectivity index is 1.74. The number of rotatable bonds is 8. The zero-order chi connectivity index (χ0) is 26.0. The first-order valence-corrected chi connectivity index (χ1v) is 14.3. The predicted octanol–water partition coefficient (Wildman–Crippen LogP) is 3.88. The van der Waals surface area contributed by atoms with Gasteiger partial charge >= 0.3 is 6.09 Å². The Morgan fingerprint density at radius 2 is 1.86 bits per heavy atom. The van der Waals surface area contributed by atoms with E-state index in [0.29, 0.717) is 25.8 Å². The lowest BCUT2D eigenvalue weighted by Crippen LogP contribution is -2.58. The maximum absolute atomic E-state index is 13.6. The Hall–Kier alpha value is -2.12. The summed E-state index contributed by atoms with van der Waals surface area (Å²) >= 11 is 0. The molecule has 0 aromatic rings. The Morgan fingerprint density at radius 1 is 1.20 bits per heavy atom. The summed E-state index contributed by atoms with van der Waals surface area (Å²) in [5.74, 6) is 0.104. The fourth-order valence-corrected chi connectivity index (χ4v) is 7.18. The molecule has 9 nitrogen and oxygen atoms in total. The van der Waals surface area contributed by atoms with Crippen LogP contribution in [0.25, 0.3) is 0 Å². The zero-order valence-electron chi connectivity index (χ0n) is 21.3. The molecule has 0 bridgehead atoms. The minimum Gasteiger partial charge on any atom is -0.446 e. The molecule has 1 aliphatic heterocycles. The van der Waals surface area contributed by atoms with E-state index in [1.54, 1.807) is 13.0 Å². The van der Waals surface area contributed by atoms with Crippen LogP contribution < -0.4 is 10.6 Å². The molecule has 1 saturated heterocycles. The van der Waals surface area contributed by atoms with E-state index in [0.717, 1.165) is 25.7 Å². The number of carbonyl (C=O) groups is 3. The summed E-state index contributed by atoms with van der Waals surface area (Å²) < 4.78 is 18.5. The summed E-state index contributed by atoms with van der Waals surface area (Å²) in [6.45, 7) is 11.3. The standard InChI is InChI=1S/C25H40N3O6P/c1-6-15-35(32,33)25(16-17(25)7-2)27-21(29)19-13-10-14-28(19)22(30)20(24(3,4)5)26-23(31)34-18-11-8-9-12-18/h6-7,15,17-20H,2,8-14,16H2,1,3-5H3,(H,26,31)(H,27,29)(H,32,33)/b15-6-/t17-,19+,20-,25+/m1/s1. The van der Waals surface area contributed by atoms with Gasteiger partial charge in [-0.3, -0.25) is 14.2 Å². The molecule has 196 valence electrons. The molecule has 35 heavy (non-hydrogen) atoms. The number of nitrogens with one attached hydrogen (secondary N) is 2. The highest BCUT2D eigenvalue weighted by Crippen LogP contribution is 2.70. The lowest BCUT2D eigenvalue weighted by Gasteiger charge is -2.36. The molecule has 3 aliphatic rings. The van der Waals surface area contributed by atoms with Crippen LogP contribution in [0, 0.1) is 11.3 Å². The Kier molecular flexibility index (Phi) is 8.22. The van der Waals surface area contributed by atoms with Crippen LogP contribution in [0.5, 0.6) is 0 Å². The van der Waals surface area contributed by atoms with Crippen LogP contribution in [0.15, 0.2) is 24.5 Å². The number of carbonyl (C=O) groups excluding carboxylic acids is 3. The molecule has 3 rings (SSSR count). The van der Waals surface area contributed by atoms with Gasteiger partial charge in [-0.25, -0.2) is 4.79 Å². The number of nitrogens with zero attached hydrogens (tertiary/aromatic N) is 1. The van der Waals surface area contributed by atoms with Gasteiger partial charge in [-0.1, -0.05) is 32.9 Å². The van der Waals surface area contributed by atoms with Crippen LogP contribution in [0.1, 0.15) is 72.6 Å². The van der Waals surface area contributed by atoms with Gasteiger partial charge in [-0.05, 0) is 63.1 Å². The molecular formula is C25H40N3O6P. The number of alkyl carbamates (subject to hydrolysis) is 1. The average Bonchev–Trinajstić information content (AvgIpc) is 3.11. The van der Waals surface area contributed by atoms with E-state index < -0.39 is 42.1 Å². The second-order valence-corrected chi connectivity index (χ2v) is 13.4. The van der Waals surface area contributed by atoms with Crippen LogP contribution in [-0.2, 0) is 18.9 Å². The monoisotopic (exact) mass is 509 g/mol. The summed E-state index contributed by atoms with van der Waals surface area (Å²) in [6, 6.07) is -1.67. The van der Waals surface area contributed by atoms with Gasteiger partial charge in [0.2, 0.25) is 19.2 Å². The van der Waals surface area contributed by atoms with E-state index in [9.17, 15) is 23.8 Å². The third-order valence-corrected chi connectivity index (χ3v) is 9.79. The van der Waals surface area contributed by atoms with Crippen molar-refractivity contribution in [1.29, 1.82) is 0 Å². The van der Waals surface area contributed by atoms with Crippen molar-refractivity contribution in [3.63, 3.8) is 0 Å². The van der Waals surface area contributed by atoms with Crippen molar-refractivity contribution in [2.24, 2.45) is 11.3 Å². The van der Waals surface area contributed by atoms with E-state index in [1.165, 1.54) is 16.8 Å². The van der Waals surface area contributed by atoms with Gasteiger partial charge in [0.1, 0.15) is 23.5 Å². The largest absolute Gasteiger partial charge is 0.446 e. The van der Waals surface area contributed by atoms with Crippen LogP contribution in [0.2, 0.25) is 0 Å². The molecule has 10 heteroatoms. The number of amides is 3. The minimum absolute atomic E-state index is 0.130.